The second-order valence-electron chi connectivity index (χ2n) is 6.74. The lowest BCUT2D eigenvalue weighted by atomic mass is 10.1. The Morgan fingerprint density at radius 2 is 1.72 bits per heavy atom. The molecule has 6 nitrogen and oxygen atoms in total. The van der Waals surface area contributed by atoms with Gasteiger partial charge >= 0.3 is 12.4 Å². The minimum atomic E-state index is -4.83. The number of carbonyl (C=O) groups excluding carboxylic acids is 1. The summed E-state index contributed by atoms with van der Waals surface area (Å²) in [4.78, 5) is 24.8. The van der Waals surface area contributed by atoms with Crippen molar-refractivity contribution >= 4 is 11.7 Å². The molecule has 3 aromatic rings. The Labute approximate surface area is 180 Å². The van der Waals surface area contributed by atoms with Crippen LogP contribution in [0.5, 0.6) is 5.75 Å². The Bertz CT molecular complexity index is 1140. The van der Waals surface area contributed by atoms with Gasteiger partial charge in [-0.3, -0.25) is 9.36 Å². The summed E-state index contributed by atoms with van der Waals surface area (Å²) in [5, 5.41) is 5.25. The van der Waals surface area contributed by atoms with E-state index in [9.17, 15) is 27.2 Å². The zero-order valence-corrected chi connectivity index (χ0v) is 16.9. The van der Waals surface area contributed by atoms with Gasteiger partial charge in [0.1, 0.15) is 11.6 Å². The van der Waals surface area contributed by atoms with Crippen LogP contribution in [0.2, 0.25) is 0 Å². The third kappa shape index (κ3) is 5.87. The summed E-state index contributed by atoms with van der Waals surface area (Å²) in [5.74, 6) is -0.892. The number of rotatable bonds is 6. The molecule has 168 valence electrons. The Morgan fingerprint density at radius 3 is 2.31 bits per heavy atom. The summed E-state index contributed by atoms with van der Waals surface area (Å²) in [6.07, 6.45) is -2.70. The SMILES string of the molecule is CCCNC(=O)Nc1cc(=O)n(-c2ccc(OC(F)(F)F)cc2)cc1-c1ccc(F)cc1. The van der Waals surface area contributed by atoms with E-state index in [1.807, 2.05) is 6.92 Å². The maximum Gasteiger partial charge on any atom is 0.573 e. The topological polar surface area (TPSA) is 72.4 Å². The summed E-state index contributed by atoms with van der Waals surface area (Å²) >= 11 is 0. The summed E-state index contributed by atoms with van der Waals surface area (Å²) in [6.45, 7) is 2.32. The number of hydrogen-bond acceptors (Lipinski definition) is 3. The normalized spacial score (nSPS) is 11.2. The van der Waals surface area contributed by atoms with E-state index in [0.717, 1.165) is 12.1 Å². The van der Waals surface area contributed by atoms with Crippen LogP contribution in [0.15, 0.2) is 65.6 Å². The summed E-state index contributed by atoms with van der Waals surface area (Å²) < 4.78 is 55.6. The fourth-order valence-corrected chi connectivity index (χ4v) is 2.91. The number of anilines is 1. The molecule has 0 unspecified atom stereocenters. The molecule has 0 radical (unpaired) electrons. The van der Waals surface area contributed by atoms with Gasteiger partial charge in [-0.05, 0) is 48.4 Å². The Hall–Kier alpha value is -3.82. The van der Waals surface area contributed by atoms with Crippen LogP contribution in [0.4, 0.5) is 28.0 Å². The second kappa shape index (κ2) is 9.54. The van der Waals surface area contributed by atoms with Gasteiger partial charge in [0, 0.05) is 30.1 Å². The van der Waals surface area contributed by atoms with Crippen LogP contribution in [-0.4, -0.2) is 23.5 Å². The van der Waals surface area contributed by atoms with E-state index in [4.69, 9.17) is 0 Å². The zero-order chi connectivity index (χ0) is 23.3. The molecule has 0 saturated heterocycles. The number of ether oxygens (including phenoxy) is 1. The van der Waals surface area contributed by atoms with Crippen LogP contribution >= 0.6 is 0 Å². The lowest BCUT2D eigenvalue weighted by molar-refractivity contribution is -0.274. The summed E-state index contributed by atoms with van der Waals surface area (Å²) in [5.41, 5.74) is 0.860. The van der Waals surface area contributed by atoms with E-state index in [0.29, 0.717) is 24.1 Å². The highest BCUT2D eigenvalue weighted by molar-refractivity contribution is 5.94. The van der Waals surface area contributed by atoms with Crippen molar-refractivity contribution in [1.29, 1.82) is 0 Å². The molecule has 32 heavy (non-hydrogen) atoms. The predicted molar refractivity (Wildman–Crippen MR) is 111 cm³/mol. The highest BCUT2D eigenvalue weighted by Gasteiger charge is 2.31. The van der Waals surface area contributed by atoms with Gasteiger partial charge in [0.05, 0.1) is 5.69 Å². The monoisotopic (exact) mass is 449 g/mol. The van der Waals surface area contributed by atoms with E-state index in [-0.39, 0.29) is 11.4 Å². The molecule has 0 spiro atoms. The molecule has 0 aliphatic heterocycles. The Kier molecular flexibility index (Phi) is 6.82. The van der Waals surface area contributed by atoms with Gasteiger partial charge < -0.3 is 15.4 Å². The minimum absolute atomic E-state index is 0.198. The van der Waals surface area contributed by atoms with Gasteiger partial charge in [0.15, 0.2) is 0 Å². The van der Waals surface area contributed by atoms with Crippen LogP contribution in [0.3, 0.4) is 0 Å². The van der Waals surface area contributed by atoms with Crippen molar-refractivity contribution in [2.24, 2.45) is 0 Å². The highest BCUT2D eigenvalue weighted by Crippen LogP contribution is 2.29. The number of nitrogens with zero attached hydrogens (tertiary/aromatic N) is 1. The van der Waals surface area contributed by atoms with E-state index >= 15 is 0 Å². The molecule has 1 heterocycles. The molecule has 2 N–H and O–H groups in total. The standard InChI is InChI=1S/C22H19F4N3O3/c1-2-11-27-21(31)28-19-12-20(30)29(13-18(19)14-3-5-15(23)6-4-14)16-7-9-17(10-8-16)32-22(24,25)26/h3-10,12-13H,2,11H2,1H3,(H2,27,28,31). The molecular weight excluding hydrogens is 430 g/mol. The van der Waals surface area contributed by atoms with Crippen molar-refractivity contribution in [3.8, 4) is 22.6 Å². The number of benzene rings is 2. The molecule has 0 fully saturated rings. The van der Waals surface area contributed by atoms with Gasteiger partial charge in [0.25, 0.3) is 5.56 Å². The first-order valence-corrected chi connectivity index (χ1v) is 9.60. The number of hydrogen-bond donors (Lipinski definition) is 2. The van der Waals surface area contributed by atoms with E-state index in [1.54, 1.807) is 0 Å². The number of alkyl halides is 3. The number of urea groups is 1. The third-order valence-corrected chi connectivity index (χ3v) is 4.34. The average Bonchev–Trinajstić information content (AvgIpc) is 2.73. The van der Waals surface area contributed by atoms with Gasteiger partial charge in [-0.2, -0.15) is 0 Å². The van der Waals surface area contributed by atoms with Crippen molar-refractivity contribution in [3.63, 3.8) is 0 Å². The molecule has 0 aliphatic rings. The van der Waals surface area contributed by atoms with Crippen LogP contribution < -0.4 is 20.9 Å². The van der Waals surface area contributed by atoms with E-state index in [1.165, 1.54) is 53.2 Å². The molecule has 1 aromatic heterocycles. The number of amides is 2. The lowest BCUT2D eigenvalue weighted by Gasteiger charge is -2.15. The highest BCUT2D eigenvalue weighted by atomic mass is 19.4. The lowest BCUT2D eigenvalue weighted by Crippen LogP contribution is -2.30. The molecule has 0 saturated carbocycles. The van der Waals surface area contributed by atoms with E-state index < -0.39 is 29.5 Å². The van der Waals surface area contributed by atoms with Crippen LogP contribution in [0.25, 0.3) is 16.8 Å². The Morgan fingerprint density at radius 1 is 1.06 bits per heavy atom. The molecule has 10 heteroatoms. The maximum absolute atomic E-state index is 13.4. The van der Waals surface area contributed by atoms with Crippen molar-refractivity contribution in [2.75, 3.05) is 11.9 Å². The van der Waals surface area contributed by atoms with Gasteiger partial charge in [-0.25, -0.2) is 9.18 Å². The first-order chi connectivity index (χ1) is 15.2. The molecule has 0 atom stereocenters. The predicted octanol–water partition coefficient (Wildman–Crippen LogP) is 5.07. The molecule has 0 aliphatic carbocycles. The maximum atomic E-state index is 13.4. The zero-order valence-electron chi connectivity index (χ0n) is 16.9. The second-order valence-corrected chi connectivity index (χ2v) is 6.74. The van der Waals surface area contributed by atoms with Crippen LogP contribution in [-0.2, 0) is 0 Å². The minimum Gasteiger partial charge on any atom is -0.406 e. The van der Waals surface area contributed by atoms with Crippen molar-refractivity contribution in [1.82, 2.24) is 9.88 Å². The van der Waals surface area contributed by atoms with Gasteiger partial charge in [0.2, 0.25) is 0 Å². The number of halogens is 4. The van der Waals surface area contributed by atoms with Gasteiger partial charge in [-0.1, -0.05) is 19.1 Å². The molecule has 3 rings (SSSR count). The Balaban J connectivity index is 2.03. The van der Waals surface area contributed by atoms with Crippen molar-refractivity contribution in [2.45, 2.75) is 19.7 Å². The van der Waals surface area contributed by atoms with E-state index in [2.05, 4.69) is 15.4 Å². The molecule has 2 aromatic carbocycles. The van der Waals surface area contributed by atoms with Crippen LogP contribution in [0, 0.1) is 5.82 Å². The molecule has 0 bridgehead atoms. The first-order valence-electron chi connectivity index (χ1n) is 9.60. The number of pyridine rings is 1. The third-order valence-electron chi connectivity index (χ3n) is 4.34. The molecular formula is C22H19F4N3O3. The number of nitrogens with one attached hydrogen (secondary N) is 2. The average molecular weight is 449 g/mol. The van der Waals surface area contributed by atoms with Gasteiger partial charge in [-0.15, -0.1) is 13.2 Å². The smallest absolute Gasteiger partial charge is 0.406 e. The van der Waals surface area contributed by atoms with Crippen molar-refractivity contribution in [3.05, 3.63) is 77.0 Å². The quantitative estimate of drug-likeness (QED) is 0.516. The molecule has 2 amide bonds. The fourth-order valence-electron chi connectivity index (χ4n) is 2.91. The number of aromatic nitrogens is 1. The summed E-state index contributed by atoms with van der Waals surface area (Å²) in [7, 11) is 0. The summed E-state index contributed by atoms with van der Waals surface area (Å²) in [6, 6.07) is 10.8. The largest absolute Gasteiger partial charge is 0.573 e. The number of carbonyl (C=O) groups is 1. The van der Waals surface area contributed by atoms with Crippen LogP contribution in [0.1, 0.15) is 13.3 Å². The van der Waals surface area contributed by atoms with Crippen molar-refractivity contribution < 1.29 is 27.1 Å². The first kappa shape index (κ1) is 22.9. The fraction of sp³-hybridized carbons (Fsp3) is 0.182.